The van der Waals surface area contributed by atoms with Crippen LogP contribution in [0.3, 0.4) is 0 Å². The van der Waals surface area contributed by atoms with Crippen molar-refractivity contribution in [2.24, 2.45) is 0 Å². The second-order valence-electron chi connectivity index (χ2n) is 4.08. The van der Waals surface area contributed by atoms with Gasteiger partial charge >= 0.3 is 0 Å². The van der Waals surface area contributed by atoms with Crippen molar-refractivity contribution in [2.75, 3.05) is 6.54 Å². The maximum absolute atomic E-state index is 9.93. The Hall–Kier alpha value is -1.63. The van der Waals surface area contributed by atoms with Crippen LogP contribution in [0.1, 0.15) is 30.6 Å². The van der Waals surface area contributed by atoms with Crippen molar-refractivity contribution in [1.82, 2.24) is 5.32 Å². The van der Waals surface area contributed by atoms with Gasteiger partial charge in [0.05, 0.1) is 17.7 Å². The fraction of sp³-hybridized carbons (Fsp3) is 0.357. The molecule has 0 aliphatic rings. The Balaban J connectivity index is 2.49. The summed E-state index contributed by atoms with van der Waals surface area (Å²) in [4.78, 5) is 0. The zero-order chi connectivity index (χ0) is 12.7. The Morgan fingerprint density at radius 3 is 2.65 bits per heavy atom. The molecule has 1 aromatic rings. The van der Waals surface area contributed by atoms with Gasteiger partial charge in [-0.05, 0) is 31.0 Å². The van der Waals surface area contributed by atoms with Gasteiger partial charge in [0.15, 0.2) is 0 Å². The molecule has 0 radical (unpaired) electrons. The lowest BCUT2D eigenvalue weighted by molar-refractivity contribution is 0.171. The van der Waals surface area contributed by atoms with Crippen LogP contribution in [0.2, 0.25) is 0 Å². The van der Waals surface area contributed by atoms with Crippen molar-refractivity contribution in [3.8, 4) is 6.07 Å². The number of benzene rings is 1. The van der Waals surface area contributed by atoms with Gasteiger partial charge in [-0.2, -0.15) is 5.26 Å². The van der Waals surface area contributed by atoms with E-state index >= 15 is 0 Å². The molecule has 0 amide bonds. The second-order valence-corrected chi connectivity index (χ2v) is 4.08. The van der Waals surface area contributed by atoms with Crippen molar-refractivity contribution in [2.45, 2.75) is 25.5 Å². The summed E-state index contributed by atoms with van der Waals surface area (Å²) in [6.07, 6.45) is 2.18. The smallest absolute Gasteiger partial charge is 0.0991 e. The minimum Gasteiger partial charge on any atom is -0.387 e. The number of nitriles is 1. The molecule has 2 N–H and O–H groups in total. The average molecular weight is 230 g/mol. The SMILES string of the molecule is C=CCC(C)NCC(O)c1ccc(C#N)cc1. The number of aliphatic hydroxyl groups is 1. The van der Waals surface area contributed by atoms with E-state index < -0.39 is 6.10 Å². The Morgan fingerprint density at radius 2 is 2.12 bits per heavy atom. The lowest BCUT2D eigenvalue weighted by Crippen LogP contribution is -2.29. The van der Waals surface area contributed by atoms with Gasteiger partial charge in [-0.3, -0.25) is 0 Å². The standard InChI is InChI=1S/C14H18N2O/c1-3-4-11(2)16-10-14(17)13-7-5-12(9-15)6-8-13/h3,5-8,11,14,16-17H,1,4,10H2,2H3. The van der Waals surface area contributed by atoms with Gasteiger partial charge in [0, 0.05) is 12.6 Å². The molecule has 1 aromatic carbocycles. The lowest BCUT2D eigenvalue weighted by Gasteiger charge is -2.16. The molecule has 17 heavy (non-hydrogen) atoms. The molecule has 0 spiro atoms. The maximum Gasteiger partial charge on any atom is 0.0991 e. The second kappa shape index (κ2) is 6.85. The third-order valence-electron chi connectivity index (χ3n) is 2.60. The normalized spacial score (nSPS) is 13.7. The van der Waals surface area contributed by atoms with Crippen LogP contribution in [-0.2, 0) is 0 Å². The zero-order valence-corrected chi connectivity index (χ0v) is 10.1. The van der Waals surface area contributed by atoms with E-state index in [-0.39, 0.29) is 0 Å². The summed E-state index contributed by atoms with van der Waals surface area (Å²) in [6.45, 7) is 6.22. The predicted molar refractivity (Wildman–Crippen MR) is 68.4 cm³/mol. The maximum atomic E-state index is 9.93. The molecule has 0 aliphatic heterocycles. The van der Waals surface area contributed by atoms with E-state index in [9.17, 15) is 5.11 Å². The van der Waals surface area contributed by atoms with E-state index in [4.69, 9.17) is 5.26 Å². The first-order valence-electron chi connectivity index (χ1n) is 5.69. The molecule has 0 aromatic heterocycles. The fourth-order valence-electron chi connectivity index (χ4n) is 1.54. The molecule has 0 fully saturated rings. The molecule has 0 aliphatic carbocycles. The van der Waals surface area contributed by atoms with Crippen LogP contribution < -0.4 is 5.32 Å². The quantitative estimate of drug-likeness (QED) is 0.736. The third kappa shape index (κ3) is 4.39. The lowest BCUT2D eigenvalue weighted by atomic mass is 10.1. The number of nitrogens with one attached hydrogen (secondary N) is 1. The third-order valence-corrected chi connectivity index (χ3v) is 2.60. The molecule has 3 nitrogen and oxygen atoms in total. The largest absolute Gasteiger partial charge is 0.387 e. The Bertz CT molecular complexity index is 392. The molecule has 2 unspecified atom stereocenters. The van der Waals surface area contributed by atoms with Gasteiger partial charge in [0.25, 0.3) is 0 Å². The van der Waals surface area contributed by atoms with Crippen molar-refractivity contribution in [3.63, 3.8) is 0 Å². The topological polar surface area (TPSA) is 56.0 Å². The summed E-state index contributed by atoms with van der Waals surface area (Å²) in [7, 11) is 0. The summed E-state index contributed by atoms with van der Waals surface area (Å²) in [5.74, 6) is 0. The van der Waals surface area contributed by atoms with Crippen LogP contribution >= 0.6 is 0 Å². The van der Waals surface area contributed by atoms with Crippen molar-refractivity contribution in [3.05, 3.63) is 48.0 Å². The van der Waals surface area contributed by atoms with E-state index in [1.807, 2.05) is 13.0 Å². The summed E-state index contributed by atoms with van der Waals surface area (Å²) in [6, 6.07) is 9.35. The number of hydrogen-bond acceptors (Lipinski definition) is 3. The molecule has 0 saturated heterocycles. The number of hydrogen-bond donors (Lipinski definition) is 2. The van der Waals surface area contributed by atoms with Crippen molar-refractivity contribution in [1.29, 1.82) is 5.26 Å². The van der Waals surface area contributed by atoms with E-state index in [0.29, 0.717) is 18.2 Å². The minimum absolute atomic E-state index is 0.306. The van der Waals surface area contributed by atoms with Crippen LogP contribution in [0.25, 0.3) is 0 Å². The van der Waals surface area contributed by atoms with Crippen molar-refractivity contribution >= 4 is 0 Å². The van der Waals surface area contributed by atoms with Gasteiger partial charge in [0.1, 0.15) is 0 Å². The molecule has 2 atom stereocenters. The Morgan fingerprint density at radius 1 is 1.47 bits per heavy atom. The Labute approximate surface area is 102 Å². The predicted octanol–water partition coefficient (Wildman–Crippen LogP) is 2.15. The van der Waals surface area contributed by atoms with Gasteiger partial charge < -0.3 is 10.4 Å². The number of aliphatic hydroxyl groups excluding tert-OH is 1. The highest BCUT2D eigenvalue weighted by Crippen LogP contribution is 2.13. The molecule has 0 bridgehead atoms. The fourth-order valence-corrected chi connectivity index (χ4v) is 1.54. The van der Waals surface area contributed by atoms with Gasteiger partial charge in [-0.25, -0.2) is 0 Å². The van der Waals surface area contributed by atoms with Gasteiger partial charge in [-0.15, -0.1) is 6.58 Å². The van der Waals surface area contributed by atoms with Crippen LogP contribution in [0.15, 0.2) is 36.9 Å². The summed E-state index contributed by atoms with van der Waals surface area (Å²) < 4.78 is 0. The summed E-state index contributed by atoms with van der Waals surface area (Å²) in [5, 5.41) is 21.8. The van der Waals surface area contributed by atoms with Crippen LogP contribution in [0, 0.1) is 11.3 Å². The van der Waals surface area contributed by atoms with Crippen LogP contribution in [0.4, 0.5) is 0 Å². The average Bonchev–Trinajstić information content (AvgIpc) is 2.36. The monoisotopic (exact) mass is 230 g/mol. The van der Waals surface area contributed by atoms with E-state index in [1.165, 1.54) is 0 Å². The molecule has 1 rings (SSSR count). The van der Waals surface area contributed by atoms with Gasteiger partial charge in [-0.1, -0.05) is 18.2 Å². The molecule has 0 heterocycles. The van der Waals surface area contributed by atoms with Crippen LogP contribution in [0.5, 0.6) is 0 Å². The minimum atomic E-state index is -0.546. The first kappa shape index (κ1) is 13.4. The molecule has 90 valence electrons. The highest BCUT2D eigenvalue weighted by Gasteiger charge is 2.08. The van der Waals surface area contributed by atoms with E-state index in [2.05, 4.69) is 18.0 Å². The summed E-state index contributed by atoms with van der Waals surface area (Å²) in [5.41, 5.74) is 1.43. The molecular weight excluding hydrogens is 212 g/mol. The molecule has 0 saturated carbocycles. The van der Waals surface area contributed by atoms with E-state index in [0.717, 1.165) is 12.0 Å². The highest BCUT2D eigenvalue weighted by atomic mass is 16.3. The zero-order valence-electron chi connectivity index (χ0n) is 10.1. The molecular formula is C14H18N2O. The van der Waals surface area contributed by atoms with Crippen LogP contribution in [-0.4, -0.2) is 17.7 Å². The van der Waals surface area contributed by atoms with E-state index in [1.54, 1.807) is 24.3 Å². The molecule has 3 heteroatoms. The van der Waals surface area contributed by atoms with Gasteiger partial charge in [0.2, 0.25) is 0 Å². The summed E-state index contributed by atoms with van der Waals surface area (Å²) >= 11 is 0. The van der Waals surface area contributed by atoms with Crippen molar-refractivity contribution < 1.29 is 5.11 Å². The highest BCUT2D eigenvalue weighted by molar-refractivity contribution is 5.32. The first-order valence-corrected chi connectivity index (χ1v) is 5.69. The number of nitrogens with zero attached hydrogens (tertiary/aromatic N) is 1. The first-order chi connectivity index (χ1) is 8.17. The number of rotatable bonds is 6. The Kier molecular flexibility index (Phi) is 5.41.